The van der Waals surface area contributed by atoms with Gasteiger partial charge in [0.15, 0.2) is 0 Å². The number of pyridine rings is 2. The number of alkyl halides is 3. The van der Waals surface area contributed by atoms with Crippen LogP contribution in [0, 0.1) is 23.0 Å². The number of hydrogen-bond donors (Lipinski definition) is 0. The summed E-state index contributed by atoms with van der Waals surface area (Å²) in [6, 6.07) is 10.0. The molecule has 1 aliphatic rings. The highest BCUT2D eigenvalue weighted by molar-refractivity contribution is 7.14. The lowest BCUT2D eigenvalue weighted by atomic mass is 10.1. The van der Waals surface area contributed by atoms with Gasteiger partial charge in [-0.3, -0.25) is 4.79 Å². The Balaban J connectivity index is 1.58. The summed E-state index contributed by atoms with van der Waals surface area (Å²) in [4.78, 5) is 20.0. The van der Waals surface area contributed by atoms with E-state index in [1.807, 2.05) is 12.1 Å². The number of aromatic nitrogens is 2. The minimum Gasteiger partial charge on any atom is -0.378 e. The van der Waals surface area contributed by atoms with Crippen LogP contribution in [0.25, 0.3) is 21.7 Å². The van der Waals surface area contributed by atoms with E-state index in [0.29, 0.717) is 43.5 Å². The highest BCUT2D eigenvalue weighted by Gasteiger charge is 2.37. The fraction of sp³-hybridized carbons (Fsp3) is 0.222. The van der Waals surface area contributed by atoms with Gasteiger partial charge in [-0.2, -0.15) is 18.4 Å². The Morgan fingerprint density at radius 3 is 2.46 bits per heavy atom. The predicted octanol–water partition coefficient (Wildman–Crippen LogP) is 5.69. The molecule has 200 valence electrons. The van der Waals surface area contributed by atoms with Crippen LogP contribution in [0.5, 0.6) is 0 Å². The van der Waals surface area contributed by atoms with Crippen molar-refractivity contribution < 1.29 is 26.7 Å². The topological polar surface area (TPSA) is 71.2 Å². The standard InChI is InChI=1S/C27H19F5N4O2S/c28-19-3-1-17(22(29)10-19)14-36-23(11-21(27(30,31)32)20(12-33)26(36)37)24-9-18(15-39-24)16-2-4-25(34-13-16)35-5-7-38-8-6-35/h1-4,9-11,13,15H,5-8,14H2. The van der Waals surface area contributed by atoms with Crippen LogP contribution in [0.4, 0.5) is 27.8 Å². The lowest BCUT2D eigenvalue weighted by Gasteiger charge is -2.27. The van der Waals surface area contributed by atoms with E-state index in [1.54, 1.807) is 17.6 Å². The Morgan fingerprint density at radius 2 is 1.82 bits per heavy atom. The number of rotatable bonds is 5. The molecule has 4 heterocycles. The van der Waals surface area contributed by atoms with Gasteiger partial charge >= 0.3 is 6.18 Å². The van der Waals surface area contributed by atoms with Crippen molar-refractivity contribution in [2.75, 3.05) is 31.2 Å². The van der Waals surface area contributed by atoms with E-state index in [1.165, 1.54) is 6.07 Å². The third-order valence-corrected chi connectivity index (χ3v) is 7.28. The number of nitrogens with zero attached hydrogens (tertiary/aromatic N) is 4. The SMILES string of the molecule is N#Cc1c(C(F)(F)F)cc(-c2cc(-c3ccc(N4CCOCC4)nc3)cs2)n(Cc2ccc(F)cc2F)c1=O. The van der Waals surface area contributed by atoms with Gasteiger partial charge in [0.1, 0.15) is 29.1 Å². The molecule has 0 aliphatic carbocycles. The molecule has 12 heteroatoms. The van der Waals surface area contributed by atoms with Gasteiger partial charge in [0.2, 0.25) is 0 Å². The molecule has 0 radical (unpaired) electrons. The summed E-state index contributed by atoms with van der Waals surface area (Å²) in [6.45, 7) is 2.12. The molecule has 0 spiro atoms. The Labute approximate surface area is 223 Å². The highest BCUT2D eigenvalue weighted by atomic mass is 32.1. The molecule has 39 heavy (non-hydrogen) atoms. The maximum atomic E-state index is 14.4. The van der Waals surface area contributed by atoms with E-state index in [-0.39, 0.29) is 16.1 Å². The number of morpholine rings is 1. The summed E-state index contributed by atoms with van der Waals surface area (Å²) in [7, 11) is 0. The molecule has 0 saturated carbocycles. The zero-order valence-electron chi connectivity index (χ0n) is 20.1. The quantitative estimate of drug-likeness (QED) is 0.294. The van der Waals surface area contributed by atoms with Crippen molar-refractivity contribution >= 4 is 17.2 Å². The molecular weight excluding hydrogens is 539 g/mol. The molecule has 5 rings (SSSR count). The van der Waals surface area contributed by atoms with Gasteiger partial charge in [-0.05, 0) is 41.3 Å². The van der Waals surface area contributed by atoms with Crippen molar-refractivity contribution in [1.29, 1.82) is 5.26 Å². The van der Waals surface area contributed by atoms with Crippen LogP contribution in [0.3, 0.4) is 0 Å². The first-order valence-corrected chi connectivity index (χ1v) is 12.6. The fourth-order valence-corrected chi connectivity index (χ4v) is 5.26. The number of hydrogen-bond acceptors (Lipinski definition) is 6. The minimum atomic E-state index is -4.97. The summed E-state index contributed by atoms with van der Waals surface area (Å²) in [5.74, 6) is -1.04. The van der Waals surface area contributed by atoms with E-state index in [9.17, 15) is 32.0 Å². The lowest BCUT2D eigenvalue weighted by molar-refractivity contribution is -0.137. The van der Waals surface area contributed by atoms with Crippen molar-refractivity contribution in [2.45, 2.75) is 12.7 Å². The molecule has 0 bridgehead atoms. The maximum Gasteiger partial charge on any atom is 0.417 e. The summed E-state index contributed by atoms with van der Waals surface area (Å²) in [5.41, 5.74) is -2.62. The molecule has 1 aromatic carbocycles. The van der Waals surface area contributed by atoms with Crippen LogP contribution in [0.15, 0.2) is 58.8 Å². The number of halogens is 5. The molecule has 0 N–H and O–H groups in total. The van der Waals surface area contributed by atoms with E-state index in [2.05, 4.69) is 9.88 Å². The van der Waals surface area contributed by atoms with Gasteiger partial charge in [0, 0.05) is 36.5 Å². The van der Waals surface area contributed by atoms with Gasteiger partial charge in [-0.25, -0.2) is 13.8 Å². The zero-order chi connectivity index (χ0) is 27.7. The first kappa shape index (κ1) is 26.5. The Kier molecular flexibility index (Phi) is 7.20. The van der Waals surface area contributed by atoms with Crippen molar-refractivity contribution in [3.63, 3.8) is 0 Å². The van der Waals surface area contributed by atoms with Crippen LogP contribution < -0.4 is 10.5 Å². The number of benzene rings is 1. The summed E-state index contributed by atoms with van der Waals surface area (Å²) in [5, 5.41) is 11.1. The van der Waals surface area contributed by atoms with Crippen LogP contribution in [0.1, 0.15) is 16.7 Å². The second kappa shape index (κ2) is 10.6. The van der Waals surface area contributed by atoms with Crippen LogP contribution in [0.2, 0.25) is 0 Å². The largest absolute Gasteiger partial charge is 0.417 e. The zero-order valence-corrected chi connectivity index (χ0v) is 21.0. The van der Waals surface area contributed by atoms with Gasteiger partial charge in [0.05, 0.1) is 35.9 Å². The Hall–Kier alpha value is -4.08. The normalized spacial score (nSPS) is 13.9. The third-order valence-electron chi connectivity index (χ3n) is 6.33. The molecule has 1 aliphatic heterocycles. The predicted molar refractivity (Wildman–Crippen MR) is 135 cm³/mol. The molecule has 0 unspecified atom stereocenters. The van der Waals surface area contributed by atoms with Crippen LogP contribution in [-0.2, 0) is 17.5 Å². The van der Waals surface area contributed by atoms with Crippen molar-refractivity contribution in [1.82, 2.24) is 9.55 Å². The molecular formula is C27H19F5N4O2S. The van der Waals surface area contributed by atoms with Crippen LogP contribution >= 0.6 is 11.3 Å². The number of thiophene rings is 1. The van der Waals surface area contributed by atoms with Gasteiger partial charge in [-0.15, -0.1) is 11.3 Å². The number of ether oxygens (including phenoxy) is 1. The molecule has 0 amide bonds. The highest BCUT2D eigenvalue weighted by Crippen LogP contribution is 2.37. The molecule has 3 aromatic heterocycles. The van der Waals surface area contributed by atoms with Crippen molar-refractivity contribution in [2.24, 2.45) is 0 Å². The smallest absolute Gasteiger partial charge is 0.378 e. The van der Waals surface area contributed by atoms with E-state index in [0.717, 1.165) is 39.9 Å². The van der Waals surface area contributed by atoms with Crippen molar-refractivity contribution in [3.8, 4) is 27.8 Å². The second-order valence-corrected chi connectivity index (χ2v) is 9.67. The average Bonchev–Trinajstić information content (AvgIpc) is 3.41. The minimum absolute atomic E-state index is 0.122. The summed E-state index contributed by atoms with van der Waals surface area (Å²) in [6.07, 6.45) is -3.32. The van der Waals surface area contributed by atoms with Crippen molar-refractivity contribution in [3.05, 3.63) is 92.7 Å². The molecule has 0 atom stereocenters. The maximum absolute atomic E-state index is 14.4. The molecule has 6 nitrogen and oxygen atoms in total. The number of anilines is 1. The van der Waals surface area contributed by atoms with E-state index >= 15 is 0 Å². The van der Waals surface area contributed by atoms with E-state index in [4.69, 9.17) is 4.74 Å². The Bertz CT molecular complexity index is 1620. The molecule has 4 aromatic rings. The molecule has 1 saturated heterocycles. The van der Waals surface area contributed by atoms with Crippen LogP contribution in [-0.4, -0.2) is 35.9 Å². The lowest BCUT2D eigenvalue weighted by Crippen LogP contribution is -2.36. The Morgan fingerprint density at radius 1 is 1.05 bits per heavy atom. The third kappa shape index (κ3) is 5.41. The van der Waals surface area contributed by atoms with Gasteiger partial charge in [-0.1, -0.05) is 6.07 Å². The number of nitriles is 1. The summed E-state index contributed by atoms with van der Waals surface area (Å²) >= 11 is 1.08. The van der Waals surface area contributed by atoms with E-state index < -0.39 is 41.0 Å². The first-order chi connectivity index (χ1) is 18.7. The summed E-state index contributed by atoms with van der Waals surface area (Å²) < 4.78 is 75.6. The van der Waals surface area contributed by atoms with Gasteiger partial charge in [0.25, 0.3) is 5.56 Å². The monoisotopic (exact) mass is 558 g/mol. The fourth-order valence-electron chi connectivity index (χ4n) is 4.32. The second-order valence-electron chi connectivity index (χ2n) is 8.76. The molecule has 1 fully saturated rings. The first-order valence-electron chi connectivity index (χ1n) is 11.7. The average molecular weight is 559 g/mol. The van der Waals surface area contributed by atoms with Gasteiger partial charge < -0.3 is 14.2 Å².